The predicted octanol–water partition coefficient (Wildman–Crippen LogP) is -1.96. The molecule has 22 heavy (non-hydrogen) atoms. The van der Waals surface area contributed by atoms with Crippen LogP contribution >= 0.6 is 6.72 Å². The van der Waals surface area contributed by atoms with Crippen molar-refractivity contribution >= 4 is 18.5 Å². The molecule has 124 valence electrons. The smallest absolute Gasteiger partial charge is 0.330 e. The Morgan fingerprint density at radius 3 is 2.77 bits per heavy atom. The molecule has 0 spiro atoms. The lowest BCUT2D eigenvalue weighted by molar-refractivity contribution is -0.158. The zero-order valence-corrected chi connectivity index (χ0v) is 13.0. The minimum absolute atomic E-state index is 0.0732. The molecule has 12 heteroatoms. The molecule has 1 fully saturated rings. The maximum atomic E-state index is 11.8. The van der Waals surface area contributed by atoms with Gasteiger partial charge >= 0.3 is 12.4 Å². The number of hydrogen-bond acceptors (Lipinski definition) is 7. The van der Waals surface area contributed by atoms with Crippen LogP contribution in [0.3, 0.4) is 0 Å². The summed E-state index contributed by atoms with van der Waals surface area (Å²) in [6.45, 7) is -2.65. The van der Waals surface area contributed by atoms with E-state index in [2.05, 4.69) is 21.3 Å². The van der Waals surface area contributed by atoms with Crippen LogP contribution in [0.2, 0.25) is 0 Å². The van der Waals surface area contributed by atoms with Gasteiger partial charge in [-0.15, -0.1) is 0 Å². The first kappa shape index (κ1) is 17.4. The normalized spacial score (nSPS) is 27.0. The second-order valence-electron chi connectivity index (χ2n) is 4.82. The summed E-state index contributed by atoms with van der Waals surface area (Å²) in [6, 6.07) is 0. The Balaban J connectivity index is 2.21. The van der Waals surface area contributed by atoms with Gasteiger partial charge in [-0.3, -0.25) is 18.9 Å². The minimum atomic E-state index is -4.14. The molecule has 1 aromatic rings. The lowest BCUT2D eigenvalue weighted by atomic mass is 10.2. The largest absolute Gasteiger partial charge is 0.390 e. The van der Waals surface area contributed by atoms with Gasteiger partial charge in [0.15, 0.2) is 6.29 Å². The van der Waals surface area contributed by atoms with Crippen LogP contribution < -0.4 is 11.2 Å². The molecule has 4 atom stereocenters. The van der Waals surface area contributed by atoms with E-state index in [0.29, 0.717) is 0 Å². The molecular formula is C10H15N2O8PS. The van der Waals surface area contributed by atoms with Crippen LogP contribution in [-0.2, 0) is 21.1 Å². The molecule has 1 saturated heterocycles. The van der Waals surface area contributed by atoms with Crippen molar-refractivity contribution in [3.8, 4) is 0 Å². The maximum absolute atomic E-state index is 11.8. The number of nitrogens with one attached hydrogen (secondary N) is 1. The first-order valence-electron chi connectivity index (χ1n) is 6.16. The summed E-state index contributed by atoms with van der Waals surface area (Å²) < 4.78 is 10.8. The number of nitrogens with zero attached hydrogens (tertiary/aromatic N) is 1. The van der Waals surface area contributed by atoms with Gasteiger partial charge in [-0.25, -0.2) is 4.79 Å². The van der Waals surface area contributed by atoms with Crippen molar-refractivity contribution in [3.05, 3.63) is 32.6 Å². The fourth-order valence-electron chi connectivity index (χ4n) is 2.11. The highest BCUT2D eigenvalue weighted by atomic mass is 32.5. The standard InChI is InChI=1S/C10H15N2O8PS/c1-4-3-12(10(16)11-8(4)14)6-2-5(13)7(19-6)9(15)20-21(17,18)22/h3,5-7,9,13,15H,2H2,1H3,(H,11,14,16)(H2,17,18,22)/t5-,6+,7-,9?/m0/s1. The van der Waals surface area contributed by atoms with Crippen molar-refractivity contribution in [1.82, 2.24) is 9.55 Å². The zero-order valence-electron chi connectivity index (χ0n) is 11.3. The molecule has 0 radical (unpaired) electrons. The lowest BCUT2D eigenvalue weighted by Crippen LogP contribution is -2.36. The molecule has 5 N–H and O–H groups in total. The summed E-state index contributed by atoms with van der Waals surface area (Å²) in [7, 11) is 0. The van der Waals surface area contributed by atoms with Crippen LogP contribution in [0.25, 0.3) is 0 Å². The highest BCUT2D eigenvalue weighted by Crippen LogP contribution is 2.40. The van der Waals surface area contributed by atoms with Crippen LogP contribution in [0.1, 0.15) is 18.2 Å². The topological polar surface area (TPSA) is 154 Å². The van der Waals surface area contributed by atoms with Gasteiger partial charge in [0.05, 0.1) is 6.10 Å². The molecule has 0 bridgehead atoms. The molecule has 0 amide bonds. The van der Waals surface area contributed by atoms with Crippen LogP contribution in [-0.4, -0.2) is 48.0 Å². The van der Waals surface area contributed by atoms with Crippen molar-refractivity contribution in [2.45, 2.75) is 38.1 Å². The molecule has 1 aliphatic heterocycles. The van der Waals surface area contributed by atoms with Gasteiger partial charge in [0.2, 0.25) is 0 Å². The first-order valence-corrected chi connectivity index (χ1v) is 8.78. The SMILES string of the molecule is Cc1cn([C@H]2C[C@H](O)[C@@H](C(O)OP(O)(O)=S)O2)c(=O)[nH]c1=O. The third-order valence-corrected chi connectivity index (χ3v) is 3.87. The molecule has 0 saturated carbocycles. The quantitative estimate of drug-likeness (QED) is 0.306. The molecule has 0 aromatic carbocycles. The molecule has 1 aliphatic rings. The summed E-state index contributed by atoms with van der Waals surface area (Å²) in [5, 5.41) is 19.5. The van der Waals surface area contributed by atoms with E-state index in [4.69, 9.17) is 14.5 Å². The number of ether oxygens (including phenoxy) is 1. The number of aromatic amines is 1. The predicted molar refractivity (Wildman–Crippen MR) is 76.4 cm³/mol. The monoisotopic (exact) mass is 354 g/mol. The molecule has 2 rings (SSSR count). The maximum Gasteiger partial charge on any atom is 0.330 e. The highest BCUT2D eigenvalue weighted by molar-refractivity contribution is 8.06. The Morgan fingerprint density at radius 2 is 2.18 bits per heavy atom. The number of hydrogen-bond donors (Lipinski definition) is 5. The van der Waals surface area contributed by atoms with Crippen molar-refractivity contribution in [2.75, 3.05) is 0 Å². The first-order chi connectivity index (χ1) is 10.1. The van der Waals surface area contributed by atoms with E-state index in [1.54, 1.807) is 0 Å². The van der Waals surface area contributed by atoms with E-state index in [-0.39, 0.29) is 12.0 Å². The average Bonchev–Trinajstić information content (AvgIpc) is 2.73. The molecule has 1 aromatic heterocycles. The van der Waals surface area contributed by atoms with Gasteiger partial charge in [-0.1, -0.05) is 0 Å². The molecule has 1 unspecified atom stereocenters. The summed E-state index contributed by atoms with van der Waals surface area (Å²) >= 11 is 4.22. The Morgan fingerprint density at radius 1 is 1.55 bits per heavy atom. The third-order valence-electron chi connectivity index (χ3n) is 3.12. The highest BCUT2D eigenvalue weighted by Gasteiger charge is 2.41. The van der Waals surface area contributed by atoms with Gasteiger partial charge in [-0.05, 0) is 18.7 Å². The summed E-state index contributed by atoms with van der Waals surface area (Å²) in [5.41, 5.74) is -1.02. The Labute approximate surface area is 128 Å². The van der Waals surface area contributed by atoms with Crippen molar-refractivity contribution < 1.29 is 29.3 Å². The number of aryl methyl sites for hydroxylation is 1. The van der Waals surface area contributed by atoms with Crippen LogP contribution in [0.15, 0.2) is 15.8 Å². The number of aliphatic hydroxyl groups is 2. The van der Waals surface area contributed by atoms with Gasteiger partial charge in [0.1, 0.15) is 12.3 Å². The average molecular weight is 354 g/mol. The summed E-state index contributed by atoms with van der Waals surface area (Å²) in [6.07, 6.45) is -4.21. The Bertz CT molecular complexity index is 712. The fraction of sp³-hybridized carbons (Fsp3) is 0.600. The van der Waals surface area contributed by atoms with Gasteiger partial charge in [-0.2, -0.15) is 0 Å². The second-order valence-corrected chi connectivity index (χ2v) is 7.44. The summed E-state index contributed by atoms with van der Waals surface area (Å²) in [5.74, 6) is 0. The van der Waals surface area contributed by atoms with E-state index in [1.165, 1.54) is 13.1 Å². The fourth-order valence-corrected chi connectivity index (χ4v) is 2.77. The van der Waals surface area contributed by atoms with E-state index in [9.17, 15) is 19.8 Å². The summed E-state index contributed by atoms with van der Waals surface area (Å²) in [4.78, 5) is 43.1. The van der Waals surface area contributed by atoms with Crippen LogP contribution in [0.4, 0.5) is 0 Å². The molecule has 10 nitrogen and oxygen atoms in total. The van der Waals surface area contributed by atoms with E-state index in [1.807, 2.05) is 0 Å². The zero-order chi connectivity index (χ0) is 16.7. The second kappa shape index (κ2) is 6.30. The minimum Gasteiger partial charge on any atom is -0.390 e. The number of aromatic nitrogens is 2. The lowest BCUT2D eigenvalue weighted by Gasteiger charge is -2.22. The molecule has 2 heterocycles. The number of rotatable bonds is 4. The van der Waals surface area contributed by atoms with E-state index < -0.39 is 42.7 Å². The van der Waals surface area contributed by atoms with E-state index >= 15 is 0 Å². The Kier molecular flexibility index (Phi) is 5.00. The van der Waals surface area contributed by atoms with Crippen molar-refractivity contribution in [3.63, 3.8) is 0 Å². The van der Waals surface area contributed by atoms with E-state index in [0.717, 1.165) is 4.57 Å². The van der Waals surface area contributed by atoms with Gasteiger partial charge < -0.3 is 24.7 Å². The van der Waals surface area contributed by atoms with Crippen molar-refractivity contribution in [2.24, 2.45) is 0 Å². The molecule has 0 aliphatic carbocycles. The molecular weight excluding hydrogens is 339 g/mol. The van der Waals surface area contributed by atoms with Gasteiger partial charge in [0.25, 0.3) is 5.56 Å². The Hall–Kier alpha value is -0.910. The third kappa shape index (κ3) is 3.89. The van der Waals surface area contributed by atoms with Gasteiger partial charge in [0, 0.05) is 18.2 Å². The van der Waals surface area contributed by atoms with Crippen molar-refractivity contribution in [1.29, 1.82) is 0 Å². The number of H-pyrrole nitrogens is 1. The number of aliphatic hydroxyl groups excluding tert-OH is 2. The van der Waals surface area contributed by atoms with Crippen LogP contribution in [0, 0.1) is 6.92 Å². The van der Waals surface area contributed by atoms with Crippen LogP contribution in [0.5, 0.6) is 0 Å².